The highest BCUT2D eigenvalue weighted by molar-refractivity contribution is 5.85. The zero-order chi connectivity index (χ0) is 12.4. The molecule has 0 aliphatic heterocycles. The van der Waals surface area contributed by atoms with Crippen LogP contribution in [0.4, 0.5) is 0 Å². The van der Waals surface area contributed by atoms with Crippen molar-refractivity contribution in [3.63, 3.8) is 0 Å². The smallest absolute Gasteiger partial charge is 0.322 e. The molecule has 0 aromatic rings. The van der Waals surface area contributed by atoms with Crippen LogP contribution in [0.2, 0.25) is 0 Å². The summed E-state index contributed by atoms with van der Waals surface area (Å²) < 4.78 is 9.42. The minimum atomic E-state index is -0.822. The lowest BCUT2D eigenvalue weighted by Crippen LogP contribution is -2.34. The van der Waals surface area contributed by atoms with Gasteiger partial charge in [0, 0.05) is 19.5 Å². The molecule has 0 fully saturated rings. The van der Waals surface area contributed by atoms with E-state index in [-0.39, 0.29) is 51.6 Å². The molecule has 1 atom stereocenters. The topological polar surface area (TPSA) is 131 Å². The SMILES string of the molecule is Cl.NCCOC(=O)CCC(N)C(=O)OCCN. The van der Waals surface area contributed by atoms with Crippen LogP contribution in [-0.4, -0.2) is 44.3 Å². The Morgan fingerprint density at radius 1 is 1.06 bits per heavy atom. The molecule has 1 unspecified atom stereocenters. The maximum atomic E-state index is 11.2. The number of rotatable bonds is 8. The first-order valence-electron chi connectivity index (χ1n) is 5.09. The second-order valence-electron chi connectivity index (χ2n) is 3.11. The Morgan fingerprint density at radius 3 is 2.12 bits per heavy atom. The first kappa shape index (κ1) is 18.5. The molecule has 6 N–H and O–H groups in total. The Balaban J connectivity index is 0. The second kappa shape index (κ2) is 11.6. The predicted molar refractivity (Wildman–Crippen MR) is 64.5 cm³/mol. The highest BCUT2D eigenvalue weighted by Crippen LogP contribution is 1.99. The molecule has 0 bridgehead atoms. The summed E-state index contributed by atoms with van der Waals surface area (Å²) in [7, 11) is 0. The fourth-order valence-corrected chi connectivity index (χ4v) is 0.903. The van der Waals surface area contributed by atoms with Gasteiger partial charge in [0.25, 0.3) is 0 Å². The lowest BCUT2D eigenvalue weighted by molar-refractivity contribution is -0.146. The molecule has 0 aromatic heterocycles. The van der Waals surface area contributed by atoms with E-state index in [1.807, 2.05) is 0 Å². The lowest BCUT2D eigenvalue weighted by Gasteiger charge is -2.10. The summed E-state index contributed by atoms with van der Waals surface area (Å²) in [6.07, 6.45) is 0.256. The molecule has 0 aliphatic carbocycles. The quantitative estimate of drug-likeness (QED) is 0.458. The van der Waals surface area contributed by atoms with E-state index in [0.29, 0.717) is 0 Å². The normalized spacial score (nSPS) is 11.2. The molecule has 0 spiro atoms. The minimum Gasteiger partial charge on any atom is -0.464 e. The van der Waals surface area contributed by atoms with Gasteiger partial charge in [-0.15, -0.1) is 12.4 Å². The molecule has 17 heavy (non-hydrogen) atoms. The number of hydrogen-bond acceptors (Lipinski definition) is 7. The van der Waals surface area contributed by atoms with Crippen LogP contribution in [-0.2, 0) is 19.1 Å². The third kappa shape index (κ3) is 10.0. The molecular weight excluding hydrogens is 250 g/mol. The van der Waals surface area contributed by atoms with E-state index in [1.165, 1.54) is 0 Å². The number of esters is 2. The van der Waals surface area contributed by atoms with Gasteiger partial charge in [-0.25, -0.2) is 0 Å². The number of ether oxygens (including phenoxy) is 2. The molecule has 0 saturated heterocycles. The molecule has 0 rings (SSSR count). The van der Waals surface area contributed by atoms with E-state index in [1.54, 1.807) is 0 Å². The standard InChI is InChI=1S/C9H19N3O4.ClH/c10-3-5-15-8(13)2-1-7(12)9(14)16-6-4-11;/h7H,1-6,10-12H2;1H. The van der Waals surface area contributed by atoms with E-state index in [4.69, 9.17) is 26.7 Å². The maximum Gasteiger partial charge on any atom is 0.322 e. The molecule has 102 valence electrons. The second-order valence-corrected chi connectivity index (χ2v) is 3.11. The van der Waals surface area contributed by atoms with Crippen molar-refractivity contribution in [3.05, 3.63) is 0 Å². The summed E-state index contributed by atoms with van der Waals surface area (Å²) in [6.45, 7) is 0.823. The van der Waals surface area contributed by atoms with E-state index < -0.39 is 18.0 Å². The highest BCUT2D eigenvalue weighted by atomic mass is 35.5. The van der Waals surface area contributed by atoms with Crippen LogP contribution in [0.1, 0.15) is 12.8 Å². The molecule has 0 aromatic carbocycles. The Bertz CT molecular complexity index is 228. The van der Waals surface area contributed by atoms with Gasteiger partial charge < -0.3 is 26.7 Å². The van der Waals surface area contributed by atoms with Gasteiger partial charge in [0.05, 0.1) is 0 Å². The van der Waals surface area contributed by atoms with Gasteiger partial charge in [-0.05, 0) is 6.42 Å². The van der Waals surface area contributed by atoms with Crippen molar-refractivity contribution in [2.45, 2.75) is 18.9 Å². The van der Waals surface area contributed by atoms with Crippen molar-refractivity contribution >= 4 is 24.3 Å². The molecule has 0 amide bonds. The fourth-order valence-electron chi connectivity index (χ4n) is 0.903. The number of hydrogen-bond donors (Lipinski definition) is 3. The highest BCUT2D eigenvalue weighted by Gasteiger charge is 2.16. The number of carbonyl (C=O) groups excluding carboxylic acids is 2. The fraction of sp³-hybridized carbons (Fsp3) is 0.778. The van der Waals surface area contributed by atoms with Gasteiger partial charge in [0.15, 0.2) is 0 Å². The van der Waals surface area contributed by atoms with Crippen LogP contribution in [0.3, 0.4) is 0 Å². The average molecular weight is 270 g/mol. The number of nitrogens with two attached hydrogens (primary N) is 3. The van der Waals surface area contributed by atoms with Crippen LogP contribution in [0.25, 0.3) is 0 Å². The van der Waals surface area contributed by atoms with Crippen LogP contribution in [0, 0.1) is 0 Å². The van der Waals surface area contributed by atoms with Crippen LogP contribution in [0.15, 0.2) is 0 Å². The zero-order valence-electron chi connectivity index (χ0n) is 9.59. The van der Waals surface area contributed by atoms with Crippen LogP contribution < -0.4 is 17.2 Å². The molecular formula is C9H20ClN3O4. The molecule has 0 heterocycles. The van der Waals surface area contributed by atoms with Crippen molar-refractivity contribution in [2.24, 2.45) is 17.2 Å². The van der Waals surface area contributed by atoms with E-state index in [0.717, 1.165) is 0 Å². The zero-order valence-corrected chi connectivity index (χ0v) is 10.4. The van der Waals surface area contributed by atoms with E-state index in [9.17, 15) is 9.59 Å². The maximum absolute atomic E-state index is 11.2. The molecule has 7 nitrogen and oxygen atoms in total. The third-order valence-electron chi connectivity index (χ3n) is 1.71. The van der Waals surface area contributed by atoms with Crippen LogP contribution >= 0.6 is 12.4 Å². The van der Waals surface area contributed by atoms with Crippen molar-refractivity contribution < 1.29 is 19.1 Å². The van der Waals surface area contributed by atoms with Crippen LogP contribution in [0.5, 0.6) is 0 Å². The lowest BCUT2D eigenvalue weighted by atomic mass is 10.2. The van der Waals surface area contributed by atoms with Gasteiger partial charge >= 0.3 is 11.9 Å². The summed E-state index contributed by atoms with van der Waals surface area (Å²) >= 11 is 0. The predicted octanol–water partition coefficient (Wildman–Crippen LogP) is -1.48. The largest absolute Gasteiger partial charge is 0.464 e. The Labute approximate surface area is 106 Å². The Kier molecular flexibility index (Phi) is 12.6. The Morgan fingerprint density at radius 2 is 1.59 bits per heavy atom. The van der Waals surface area contributed by atoms with Gasteiger partial charge in [-0.1, -0.05) is 0 Å². The van der Waals surface area contributed by atoms with E-state index >= 15 is 0 Å². The number of halogens is 1. The monoisotopic (exact) mass is 269 g/mol. The summed E-state index contributed by atoms with van der Waals surface area (Å²) in [6, 6.07) is -0.822. The van der Waals surface area contributed by atoms with Gasteiger partial charge in [-0.2, -0.15) is 0 Å². The summed E-state index contributed by atoms with van der Waals surface area (Å²) in [5.41, 5.74) is 15.8. The Hall–Kier alpha value is -0.890. The number of carbonyl (C=O) groups is 2. The molecule has 8 heteroatoms. The molecule has 0 aliphatic rings. The van der Waals surface area contributed by atoms with E-state index in [2.05, 4.69) is 0 Å². The molecule has 0 radical (unpaired) electrons. The third-order valence-corrected chi connectivity index (χ3v) is 1.71. The minimum absolute atomic E-state index is 0. The average Bonchev–Trinajstić information content (AvgIpc) is 2.30. The van der Waals surface area contributed by atoms with Crippen molar-refractivity contribution in [2.75, 3.05) is 26.3 Å². The van der Waals surface area contributed by atoms with Crippen molar-refractivity contribution in [3.8, 4) is 0 Å². The first-order valence-corrected chi connectivity index (χ1v) is 5.09. The first-order chi connectivity index (χ1) is 7.61. The van der Waals surface area contributed by atoms with Crippen molar-refractivity contribution in [1.82, 2.24) is 0 Å². The van der Waals surface area contributed by atoms with Crippen molar-refractivity contribution in [1.29, 1.82) is 0 Å². The summed E-state index contributed by atoms with van der Waals surface area (Å²) in [4.78, 5) is 22.2. The molecule has 0 saturated carbocycles. The van der Waals surface area contributed by atoms with Gasteiger partial charge in [0.2, 0.25) is 0 Å². The summed E-state index contributed by atoms with van der Waals surface area (Å²) in [5.74, 6) is -0.982. The summed E-state index contributed by atoms with van der Waals surface area (Å²) in [5, 5.41) is 0. The van der Waals surface area contributed by atoms with Gasteiger partial charge in [-0.3, -0.25) is 9.59 Å². The van der Waals surface area contributed by atoms with Gasteiger partial charge in [0.1, 0.15) is 19.3 Å².